The Labute approximate surface area is 97.4 Å². The zero-order valence-electron chi connectivity index (χ0n) is 8.65. The first-order valence-electron chi connectivity index (χ1n) is 5.36. The summed E-state index contributed by atoms with van der Waals surface area (Å²) in [6, 6.07) is 2.19. The largest absolute Gasteiger partial charge is 0.204 e. The molecule has 2 rings (SSSR count). The van der Waals surface area contributed by atoms with Crippen LogP contribution in [0.1, 0.15) is 37.2 Å². The Balaban J connectivity index is 2.21. The number of alkyl halides is 1. The molecule has 88 valence electrons. The van der Waals surface area contributed by atoms with E-state index in [0.717, 1.165) is 37.8 Å². The maximum Gasteiger partial charge on any atom is 0.194 e. The zero-order valence-corrected chi connectivity index (χ0v) is 9.41. The highest BCUT2D eigenvalue weighted by atomic mass is 35.5. The average molecular weight is 249 g/mol. The summed E-state index contributed by atoms with van der Waals surface area (Å²) in [7, 11) is 0. The van der Waals surface area contributed by atoms with Gasteiger partial charge in [-0.25, -0.2) is 13.2 Å². The van der Waals surface area contributed by atoms with Crippen molar-refractivity contribution < 1.29 is 13.2 Å². The van der Waals surface area contributed by atoms with Gasteiger partial charge in [0, 0.05) is 5.38 Å². The molecule has 0 bridgehead atoms. The fraction of sp³-hybridized carbons (Fsp3) is 0.500. The molecule has 0 nitrogen and oxygen atoms in total. The van der Waals surface area contributed by atoms with E-state index in [2.05, 4.69) is 0 Å². The molecule has 1 aromatic carbocycles. The molecule has 0 unspecified atom stereocenters. The lowest BCUT2D eigenvalue weighted by molar-refractivity contribution is 0.424. The van der Waals surface area contributed by atoms with Crippen molar-refractivity contribution in [1.82, 2.24) is 0 Å². The molecule has 0 aromatic heterocycles. The molecule has 0 radical (unpaired) electrons. The van der Waals surface area contributed by atoms with E-state index in [1.54, 1.807) is 0 Å². The van der Waals surface area contributed by atoms with Crippen molar-refractivity contribution in [2.75, 3.05) is 0 Å². The number of benzene rings is 1. The van der Waals surface area contributed by atoms with Crippen LogP contribution in [0.15, 0.2) is 12.1 Å². The minimum Gasteiger partial charge on any atom is -0.204 e. The van der Waals surface area contributed by atoms with E-state index >= 15 is 0 Å². The molecule has 1 aromatic rings. The lowest BCUT2D eigenvalue weighted by Crippen LogP contribution is -2.13. The molecule has 1 aliphatic rings. The third-order valence-electron chi connectivity index (χ3n) is 3.13. The average Bonchev–Trinajstić information content (AvgIpc) is 2.26. The number of hydrogen-bond acceptors (Lipinski definition) is 0. The molecule has 0 atom stereocenters. The SMILES string of the molecule is Fc1cc(C2CCC(Cl)CC2)cc(F)c1F. The topological polar surface area (TPSA) is 0 Å². The molecule has 1 fully saturated rings. The van der Waals surface area contributed by atoms with Gasteiger partial charge in [0.05, 0.1) is 0 Å². The van der Waals surface area contributed by atoms with Gasteiger partial charge in [0.2, 0.25) is 0 Å². The van der Waals surface area contributed by atoms with Gasteiger partial charge in [-0.1, -0.05) is 0 Å². The van der Waals surface area contributed by atoms with Gasteiger partial charge in [-0.15, -0.1) is 11.6 Å². The van der Waals surface area contributed by atoms with E-state index in [4.69, 9.17) is 11.6 Å². The van der Waals surface area contributed by atoms with Crippen LogP contribution in [-0.4, -0.2) is 5.38 Å². The van der Waals surface area contributed by atoms with Gasteiger partial charge < -0.3 is 0 Å². The van der Waals surface area contributed by atoms with Crippen LogP contribution in [-0.2, 0) is 0 Å². The minimum absolute atomic E-state index is 0.0969. The molecular weight excluding hydrogens is 237 g/mol. The summed E-state index contributed by atoms with van der Waals surface area (Å²) in [5.74, 6) is -3.51. The monoisotopic (exact) mass is 248 g/mol. The third-order valence-corrected chi connectivity index (χ3v) is 3.57. The maximum atomic E-state index is 13.0. The molecule has 0 heterocycles. The van der Waals surface area contributed by atoms with E-state index in [1.165, 1.54) is 0 Å². The Morgan fingerprint density at radius 1 is 0.938 bits per heavy atom. The fourth-order valence-corrected chi connectivity index (χ4v) is 2.45. The summed E-state index contributed by atoms with van der Waals surface area (Å²) in [6.45, 7) is 0. The second-order valence-corrected chi connectivity index (χ2v) is 4.86. The Morgan fingerprint density at radius 2 is 1.44 bits per heavy atom. The Morgan fingerprint density at radius 3 is 1.94 bits per heavy atom. The molecule has 4 heteroatoms. The van der Waals surface area contributed by atoms with Gasteiger partial charge in [0.15, 0.2) is 17.5 Å². The van der Waals surface area contributed by atoms with Crippen molar-refractivity contribution in [3.8, 4) is 0 Å². The molecule has 0 spiro atoms. The van der Waals surface area contributed by atoms with Gasteiger partial charge in [0.25, 0.3) is 0 Å². The highest BCUT2D eigenvalue weighted by molar-refractivity contribution is 6.20. The fourth-order valence-electron chi connectivity index (χ4n) is 2.20. The highest BCUT2D eigenvalue weighted by Crippen LogP contribution is 2.35. The normalized spacial score (nSPS) is 25.8. The maximum absolute atomic E-state index is 13.0. The van der Waals surface area contributed by atoms with Crippen LogP contribution in [0.2, 0.25) is 0 Å². The smallest absolute Gasteiger partial charge is 0.194 e. The summed E-state index contributed by atoms with van der Waals surface area (Å²) in [6.07, 6.45) is 3.29. The zero-order chi connectivity index (χ0) is 11.7. The van der Waals surface area contributed by atoms with Crippen LogP contribution in [0.25, 0.3) is 0 Å². The Hall–Kier alpha value is -0.700. The van der Waals surface area contributed by atoms with Crippen LogP contribution in [0.4, 0.5) is 13.2 Å². The summed E-state index contributed by atoms with van der Waals surface area (Å²) < 4.78 is 38.8. The van der Waals surface area contributed by atoms with Crippen molar-refractivity contribution in [1.29, 1.82) is 0 Å². The predicted molar refractivity (Wildman–Crippen MR) is 57.2 cm³/mol. The van der Waals surface area contributed by atoms with Crippen molar-refractivity contribution in [3.05, 3.63) is 35.1 Å². The van der Waals surface area contributed by atoms with E-state index < -0.39 is 17.5 Å². The van der Waals surface area contributed by atoms with Crippen LogP contribution < -0.4 is 0 Å². The first-order valence-corrected chi connectivity index (χ1v) is 5.80. The predicted octanol–water partition coefficient (Wildman–Crippen LogP) is 4.37. The molecule has 0 amide bonds. The third kappa shape index (κ3) is 2.34. The van der Waals surface area contributed by atoms with Crippen LogP contribution in [0.3, 0.4) is 0 Å². The van der Waals surface area contributed by atoms with Crippen molar-refractivity contribution in [2.24, 2.45) is 0 Å². The van der Waals surface area contributed by atoms with Gasteiger partial charge in [-0.2, -0.15) is 0 Å². The van der Waals surface area contributed by atoms with Gasteiger partial charge in [-0.3, -0.25) is 0 Å². The molecule has 1 saturated carbocycles. The molecule has 0 saturated heterocycles. The Bertz CT molecular complexity index is 361. The molecule has 0 N–H and O–H groups in total. The van der Waals surface area contributed by atoms with Crippen molar-refractivity contribution in [2.45, 2.75) is 37.0 Å². The molecular formula is C12H12ClF3. The van der Waals surface area contributed by atoms with Crippen molar-refractivity contribution in [3.63, 3.8) is 0 Å². The second kappa shape index (κ2) is 4.66. The first kappa shape index (κ1) is 11.8. The highest BCUT2D eigenvalue weighted by Gasteiger charge is 2.23. The quantitative estimate of drug-likeness (QED) is 0.511. The first-order chi connectivity index (χ1) is 7.58. The summed E-state index contributed by atoms with van der Waals surface area (Å²) >= 11 is 5.95. The molecule has 0 aliphatic heterocycles. The number of halogens is 4. The molecule has 1 aliphatic carbocycles. The molecule has 16 heavy (non-hydrogen) atoms. The van der Waals surface area contributed by atoms with Crippen molar-refractivity contribution >= 4 is 11.6 Å². The second-order valence-electron chi connectivity index (χ2n) is 4.25. The summed E-state index contributed by atoms with van der Waals surface area (Å²) in [5, 5.41) is 0.159. The number of rotatable bonds is 1. The van der Waals surface area contributed by atoms with Crippen LogP contribution in [0, 0.1) is 17.5 Å². The van der Waals surface area contributed by atoms with Gasteiger partial charge >= 0.3 is 0 Å². The van der Waals surface area contributed by atoms with E-state index in [-0.39, 0.29) is 11.3 Å². The summed E-state index contributed by atoms with van der Waals surface area (Å²) in [4.78, 5) is 0. The Kier molecular flexibility index (Phi) is 3.43. The van der Waals surface area contributed by atoms with E-state index in [1.807, 2.05) is 0 Å². The van der Waals surface area contributed by atoms with Crippen LogP contribution >= 0.6 is 11.6 Å². The lowest BCUT2D eigenvalue weighted by atomic mass is 9.84. The van der Waals surface area contributed by atoms with Gasteiger partial charge in [-0.05, 0) is 49.3 Å². The van der Waals surface area contributed by atoms with Crippen LogP contribution in [0.5, 0.6) is 0 Å². The van der Waals surface area contributed by atoms with E-state index in [9.17, 15) is 13.2 Å². The van der Waals surface area contributed by atoms with Gasteiger partial charge in [0.1, 0.15) is 0 Å². The lowest BCUT2D eigenvalue weighted by Gasteiger charge is -2.25. The summed E-state index contributed by atoms with van der Waals surface area (Å²) in [5.41, 5.74) is 0.542. The standard InChI is InChI=1S/C12H12ClF3/c13-9-3-1-7(2-4-9)8-5-10(14)12(16)11(15)6-8/h5-7,9H,1-4H2. The number of hydrogen-bond donors (Lipinski definition) is 0. The minimum atomic E-state index is -1.39. The van der Waals surface area contributed by atoms with E-state index in [0.29, 0.717) is 5.56 Å².